The van der Waals surface area contributed by atoms with Crippen LogP contribution in [-0.2, 0) is 17.9 Å². The maximum Gasteiger partial charge on any atom is 0.220 e. The summed E-state index contributed by atoms with van der Waals surface area (Å²) in [5.41, 5.74) is 2.33. The Morgan fingerprint density at radius 3 is 2.62 bits per heavy atom. The van der Waals surface area contributed by atoms with Gasteiger partial charge < -0.3 is 14.8 Å². The van der Waals surface area contributed by atoms with E-state index in [1.165, 1.54) is 50.9 Å². The molecule has 3 saturated heterocycles. The second-order valence-corrected chi connectivity index (χ2v) is 11.1. The van der Waals surface area contributed by atoms with Crippen LogP contribution in [0.15, 0.2) is 48.5 Å². The minimum Gasteiger partial charge on any atom is -0.497 e. The van der Waals surface area contributed by atoms with Crippen molar-refractivity contribution in [2.24, 2.45) is 11.8 Å². The number of likely N-dealkylation sites (tertiary alicyclic amines) is 1. The summed E-state index contributed by atoms with van der Waals surface area (Å²) in [5, 5.41) is 3.11. The number of piperidine rings is 3. The van der Waals surface area contributed by atoms with Crippen LogP contribution in [0, 0.1) is 11.8 Å². The number of amides is 1. The Bertz CT molecular complexity index is 1030. The number of hydrogen-bond acceptors (Lipinski definition) is 5. The van der Waals surface area contributed by atoms with Gasteiger partial charge in [0.2, 0.25) is 5.91 Å². The van der Waals surface area contributed by atoms with E-state index in [9.17, 15) is 4.79 Å². The Morgan fingerprint density at radius 2 is 1.84 bits per heavy atom. The molecule has 0 bridgehead atoms. The maximum atomic E-state index is 12.8. The van der Waals surface area contributed by atoms with Gasteiger partial charge >= 0.3 is 0 Å². The van der Waals surface area contributed by atoms with Crippen molar-refractivity contribution in [1.29, 1.82) is 0 Å². The fraction of sp³-hybridized carbons (Fsp3) is 0.581. The molecular weight excluding hydrogens is 462 g/mol. The zero-order valence-electron chi connectivity index (χ0n) is 22.5. The molecule has 200 valence electrons. The molecule has 1 amide bonds. The first-order chi connectivity index (χ1) is 18.2. The normalized spacial score (nSPS) is 25.8. The van der Waals surface area contributed by atoms with E-state index < -0.39 is 0 Å². The predicted octanol–water partition coefficient (Wildman–Crippen LogP) is 4.87. The average molecular weight is 506 g/mol. The average Bonchev–Trinajstić information content (AvgIpc) is 2.94. The Kier molecular flexibility index (Phi) is 8.67. The molecule has 5 rings (SSSR count). The fourth-order valence-electron chi connectivity index (χ4n) is 7.25. The number of ether oxygens (including phenoxy) is 2. The van der Waals surface area contributed by atoms with Gasteiger partial charge in [-0.25, -0.2) is 0 Å². The first kappa shape index (κ1) is 26.1. The number of hydrogen-bond donors (Lipinski definition) is 1. The molecule has 6 nitrogen and oxygen atoms in total. The van der Waals surface area contributed by atoms with E-state index >= 15 is 0 Å². The number of nitrogens with one attached hydrogen (secondary N) is 1. The number of carbonyl (C=O) groups excluding carboxylic acids is 1. The molecule has 4 atom stereocenters. The summed E-state index contributed by atoms with van der Waals surface area (Å²) in [7, 11) is 3.30. The monoisotopic (exact) mass is 505 g/mol. The molecular formula is C31H43N3O3. The van der Waals surface area contributed by atoms with Crippen LogP contribution in [0.4, 0.5) is 0 Å². The van der Waals surface area contributed by atoms with Crippen LogP contribution in [0.2, 0.25) is 0 Å². The van der Waals surface area contributed by atoms with E-state index in [2.05, 4.69) is 45.4 Å². The second-order valence-electron chi connectivity index (χ2n) is 11.1. The van der Waals surface area contributed by atoms with Gasteiger partial charge in [-0.3, -0.25) is 14.6 Å². The summed E-state index contributed by atoms with van der Waals surface area (Å²) >= 11 is 0. The van der Waals surface area contributed by atoms with Crippen molar-refractivity contribution in [3.05, 3.63) is 59.7 Å². The topological polar surface area (TPSA) is 54.0 Å². The quantitative estimate of drug-likeness (QED) is 0.500. The standard InChI is InChI=1S/C31H43N3O3/c1-36-26-15-16-29(37-2)25(19-26)20-32-30(35)14-6-13-28-27-12-8-18-33-17-7-11-24(31(27)33)22-34(28)21-23-9-4-3-5-10-23/h3-5,9-10,15-16,19,24,27-28,31H,6-8,11-14,17-18,20-22H2,1-2H3,(H,32,35)/t24-,27+,28+,31-/m0/s1. The lowest BCUT2D eigenvalue weighted by molar-refractivity contribution is -0.121. The Morgan fingerprint density at radius 1 is 1.03 bits per heavy atom. The number of rotatable bonds is 10. The smallest absolute Gasteiger partial charge is 0.220 e. The fourth-order valence-corrected chi connectivity index (χ4v) is 7.25. The minimum atomic E-state index is 0.108. The molecule has 0 spiro atoms. The number of methoxy groups -OCH3 is 2. The molecule has 0 aromatic heterocycles. The second kappa shape index (κ2) is 12.3. The first-order valence-corrected chi connectivity index (χ1v) is 14.2. The van der Waals surface area contributed by atoms with E-state index in [0.717, 1.165) is 54.3 Å². The predicted molar refractivity (Wildman–Crippen MR) is 147 cm³/mol. The molecule has 6 heteroatoms. The van der Waals surface area contributed by atoms with Gasteiger partial charge in [0, 0.05) is 43.7 Å². The van der Waals surface area contributed by atoms with Crippen LogP contribution < -0.4 is 14.8 Å². The van der Waals surface area contributed by atoms with E-state index in [1.807, 2.05) is 18.2 Å². The highest BCUT2D eigenvalue weighted by Crippen LogP contribution is 2.43. The van der Waals surface area contributed by atoms with E-state index in [0.29, 0.717) is 19.0 Å². The lowest BCUT2D eigenvalue weighted by Crippen LogP contribution is -2.64. The minimum absolute atomic E-state index is 0.108. The van der Waals surface area contributed by atoms with Crippen LogP contribution in [0.3, 0.4) is 0 Å². The SMILES string of the molecule is COc1ccc(OC)c(CNC(=O)CCC[C@@H]2[C@H]3CCCN4CCC[C@@H](CN2Cc2ccccc2)[C@@H]34)c1. The number of nitrogens with zero attached hydrogens (tertiary/aromatic N) is 2. The molecule has 3 fully saturated rings. The number of benzene rings is 2. The molecule has 0 saturated carbocycles. The number of carbonyl (C=O) groups is 1. The Hall–Kier alpha value is -2.57. The van der Waals surface area contributed by atoms with Gasteiger partial charge in [0.05, 0.1) is 14.2 Å². The highest BCUT2D eigenvalue weighted by molar-refractivity contribution is 5.75. The van der Waals surface area contributed by atoms with Gasteiger partial charge in [-0.2, -0.15) is 0 Å². The van der Waals surface area contributed by atoms with Gasteiger partial charge in [-0.15, -0.1) is 0 Å². The molecule has 2 aromatic rings. The van der Waals surface area contributed by atoms with E-state index in [-0.39, 0.29) is 5.91 Å². The third kappa shape index (κ3) is 6.12. The van der Waals surface area contributed by atoms with Gasteiger partial charge in [0.1, 0.15) is 11.5 Å². The summed E-state index contributed by atoms with van der Waals surface area (Å²) in [5.74, 6) is 3.16. The van der Waals surface area contributed by atoms with Crippen molar-refractivity contribution in [2.75, 3.05) is 33.9 Å². The molecule has 3 aliphatic heterocycles. The third-order valence-corrected chi connectivity index (χ3v) is 8.87. The van der Waals surface area contributed by atoms with Crippen molar-refractivity contribution in [2.45, 2.75) is 70.1 Å². The van der Waals surface area contributed by atoms with Crippen LogP contribution in [-0.4, -0.2) is 61.6 Å². The van der Waals surface area contributed by atoms with Gasteiger partial charge in [-0.05, 0) is 87.2 Å². The summed E-state index contributed by atoms with van der Waals surface area (Å²) in [6.45, 7) is 5.22. The zero-order chi connectivity index (χ0) is 25.6. The molecule has 3 heterocycles. The molecule has 0 unspecified atom stereocenters. The zero-order valence-corrected chi connectivity index (χ0v) is 22.5. The largest absolute Gasteiger partial charge is 0.497 e. The molecule has 0 aliphatic carbocycles. The van der Waals surface area contributed by atoms with Crippen LogP contribution in [0.5, 0.6) is 11.5 Å². The molecule has 0 radical (unpaired) electrons. The summed E-state index contributed by atoms with van der Waals surface area (Å²) in [4.78, 5) is 18.4. The highest BCUT2D eigenvalue weighted by atomic mass is 16.5. The van der Waals surface area contributed by atoms with Crippen molar-refractivity contribution in [3.63, 3.8) is 0 Å². The van der Waals surface area contributed by atoms with Crippen molar-refractivity contribution < 1.29 is 14.3 Å². The lowest BCUT2D eigenvalue weighted by atomic mass is 9.69. The van der Waals surface area contributed by atoms with Crippen LogP contribution in [0.25, 0.3) is 0 Å². The summed E-state index contributed by atoms with van der Waals surface area (Å²) < 4.78 is 10.8. The molecule has 3 aliphatic rings. The summed E-state index contributed by atoms with van der Waals surface area (Å²) in [6.07, 6.45) is 7.92. The highest BCUT2D eigenvalue weighted by Gasteiger charge is 2.48. The van der Waals surface area contributed by atoms with E-state index in [4.69, 9.17) is 9.47 Å². The Labute approximate surface area is 222 Å². The molecule has 1 N–H and O–H groups in total. The first-order valence-electron chi connectivity index (χ1n) is 14.2. The Balaban J connectivity index is 1.21. The van der Waals surface area contributed by atoms with Crippen molar-refractivity contribution >= 4 is 5.91 Å². The lowest BCUT2D eigenvalue weighted by Gasteiger charge is -2.57. The molecule has 2 aromatic carbocycles. The van der Waals surface area contributed by atoms with E-state index in [1.54, 1.807) is 14.2 Å². The van der Waals surface area contributed by atoms with Crippen molar-refractivity contribution in [1.82, 2.24) is 15.1 Å². The maximum absolute atomic E-state index is 12.8. The third-order valence-electron chi connectivity index (χ3n) is 8.87. The van der Waals surface area contributed by atoms with Crippen LogP contribution in [0.1, 0.15) is 56.1 Å². The van der Waals surface area contributed by atoms with Gasteiger partial charge in [-0.1, -0.05) is 30.3 Å². The molecule has 37 heavy (non-hydrogen) atoms. The van der Waals surface area contributed by atoms with Gasteiger partial charge in [0.15, 0.2) is 0 Å². The van der Waals surface area contributed by atoms with Gasteiger partial charge in [0.25, 0.3) is 0 Å². The van der Waals surface area contributed by atoms with Crippen LogP contribution >= 0.6 is 0 Å². The summed E-state index contributed by atoms with van der Waals surface area (Å²) in [6, 6.07) is 17.9. The van der Waals surface area contributed by atoms with Crippen molar-refractivity contribution in [3.8, 4) is 11.5 Å².